The standard InChI is InChI=1S/C11H15F2NO3/c1-17-9(16)4-8(15)14-5-7(10(12)13)11(6-14)2-3-11/h7,10H,2-6H2,1H3. The Bertz CT molecular complexity index is 342. The van der Waals surface area contributed by atoms with Gasteiger partial charge in [0.1, 0.15) is 6.42 Å². The normalized spacial score (nSPS) is 25.4. The molecule has 1 atom stereocenters. The fraction of sp³-hybridized carbons (Fsp3) is 0.818. The van der Waals surface area contributed by atoms with Crippen LogP contribution in [0.3, 0.4) is 0 Å². The Balaban J connectivity index is 1.96. The van der Waals surface area contributed by atoms with Crippen LogP contribution >= 0.6 is 0 Å². The van der Waals surface area contributed by atoms with Crippen molar-refractivity contribution >= 4 is 11.9 Å². The first-order valence-electron chi connectivity index (χ1n) is 5.61. The number of ether oxygens (including phenoxy) is 1. The predicted octanol–water partition coefficient (Wildman–Crippen LogP) is 1.05. The van der Waals surface area contributed by atoms with E-state index in [2.05, 4.69) is 4.74 Å². The van der Waals surface area contributed by atoms with E-state index in [-0.39, 0.29) is 18.4 Å². The molecular weight excluding hydrogens is 232 g/mol. The van der Waals surface area contributed by atoms with Crippen molar-refractivity contribution in [2.45, 2.75) is 25.7 Å². The molecule has 2 fully saturated rings. The molecule has 96 valence electrons. The molecule has 1 amide bonds. The van der Waals surface area contributed by atoms with E-state index >= 15 is 0 Å². The first kappa shape index (κ1) is 12.3. The second kappa shape index (κ2) is 4.23. The first-order chi connectivity index (χ1) is 7.98. The Morgan fingerprint density at radius 2 is 2.12 bits per heavy atom. The molecule has 17 heavy (non-hydrogen) atoms. The number of likely N-dealkylation sites (tertiary alicyclic amines) is 1. The summed E-state index contributed by atoms with van der Waals surface area (Å²) in [5, 5.41) is 0. The van der Waals surface area contributed by atoms with Gasteiger partial charge in [0.05, 0.1) is 7.11 Å². The number of methoxy groups -OCH3 is 1. The predicted molar refractivity (Wildman–Crippen MR) is 54.4 cm³/mol. The number of carbonyl (C=O) groups is 2. The summed E-state index contributed by atoms with van der Waals surface area (Å²) in [6, 6.07) is 0. The van der Waals surface area contributed by atoms with E-state index in [1.807, 2.05) is 0 Å². The molecule has 2 rings (SSSR count). The van der Waals surface area contributed by atoms with Gasteiger partial charge in [0.2, 0.25) is 12.3 Å². The zero-order chi connectivity index (χ0) is 12.6. The lowest BCUT2D eigenvalue weighted by Gasteiger charge is -2.15. The van der Waals surface area contributed by atoms with Crippen LogP contribution in [0, 0.1) is 11.3 Å². The molecule has 4 nitrogen and oxygen atoms in total. The molecular formula is C11H15F2NO3. The van der Waals surface area contributed by atoms with Crippen molar-refractivity contribution in [3.8, 4) is 0 Å². The molecule has 1 heterocycles. The number of esters is 1. The zero-order valence-electron chi connectivity index (χ0n) is 9.62. The minimum atomic E-state index is -2.39. The van der Waals surface area contributed by atoms with Crippen molar-refractivity contribution in [3.05, 3.63) is 0 Å². The van der Waals surface area contributed by atoms with Crippen LogP contribution in [0.4, 0.5) is 8.78 Å². The summed E-state index contributed by atoms with van der Waals surface area (Å²) in [5.41, 5.74) is -0.375. The van der Waals surface area contributed by atoms with Crippen LogP contribution < -0.4 is 0 Å². The first-order valence-corrected chi connectivity index (χ1v) is 5.61. The van der Waals surface area contributed by atoms with E-state index in [0.717, 1.165) is 12.8 Å². The van der Waals surface area contributed by atoms with Crippen LogP contribution in [0.15, 0.2) is 0 Å². The molecule has 2 aliphatic rings. The van der Waals surface area contributed by atoms with Gasteiger partial charge in [0, 0.05) is 19.0 Å². The van der Waals surface area contributed by atoms with Crippen molar-refractivity contribution in [3.63, 3.8) is 0 Å². The lowest BCUT2D eigenvalue weighted by atomic mass is 9.93. The molecule has 0 radical (unpaired) electrons. The molecule has 0 aromatic heterocycles. The Morgan fingerprint density at radius 3 is 2.53 bits per heavy atom. The molecule has 0 aromatic rings. The minimum Gasteiger partial charge on any atom is -0.469 e. The maximum absolute atomic E-state index is 12.8. The molecule has 1 saturated heterocycles. The highest BCUT2D eigenvalue weighted by Crippen LogP contribution is 2.57. The number of halogens is 2. The molecule has 1 spiro atoms. The summed E-state index contributed by atoms with van der Waals surface area (Å²) in [6.45, 7) is 0.422. The average molecular weight is 247 g/mol. The molecule has 1 saturated carbocycles. The summed E-state index contributed by atoms with van der Waals surface area (Å²) < 4.78 is 30.0. The van der Waals surface area contributed by atoms with Gasteiger partial charge in [-0.05, 0) is 18.3 Å². The van der Waals surface area contributed by atoms with Gasteiger partial charge < -0.3 is 9.64 Å². The maximum Gasteiger partial charge on any atom is 0.315 e. The lowest BCUT2D eigenvalue weighted by Crippen LogP contribution is -2.31. The number of hydrogen-bond acceptors (Lipinski definition) is 3. The van der Waals surface area contributed by atoms with Crippen LogP contribution in [0.1, 0.15) is 19.3 Å². The number of amides is 1. The maximum atomic E-state index is 12.8. The highest BCUT2D eigenvalue weighted by atomic mass is 19.3. The van der Waals surface area contributed by atoms with Crippen LogP contribution in [-0.2, 0) is 14.3 Å². The smallest absolute Gasteiger partial charge is 0.315 e. The summed E-state index contributed by atoms with van der Waals surface area (Å²) in [6.07, 6.45) is -1.25. The van der Waals surface area contributed by atoms with E-state index in [1.54, 1.807) is 0 Å². The monoisotopic (exact) mass is 247 g/mol. The van der Waals surface area contributed by atoms with Crippen molar-refractivity contribution in [1.29, 1.82) is 0 Å². The van der Waals surface area contributed by atoms with Crippen molar-refractivity contribution in [1.82, 2.24) is 4.90 Å². The van der Waals surface area contributed by atoms with Crippen molar-refractivity contribution in [2.24, 2.45) is 11.3 Å². The Labute approximate surface area is 97.9 Å². The molecule has 1 unspecified atom stereocenters. The SMILES string of the molecule is COC(=O)CC(=O)N1CC(C(F)F)C2(CC2)C1. The van der Waals surface area contributed by atoms with E-state index in [9.17, 15) is 18.4 Å². The molecule has 0 aromatic carbocycles. The molecule has 0 bridgehead atoms. The second-order valence-electron chi connectivity index (χ2n) is 4.83. The van der Waals surface area contributed by atoms with Crippen LogP contribution in [0.5, 0.6) is 0 Å². The van der Waals surface area contributed by atoms with Gasteiger partial charge in [0.25, 0.3) is 0 Å². The third-order valence-electron chi connectivity index (χ3n) is 3.78. The molecule has 0 N–H and O–H groups in total. The van der Waals surface area contributed by atoms with Gasteiger partial charge in [-0.25, -0.2) is 8.78 Å². The Morgan fingerprint density at radius 1 is 1.47 bits per heavy atom. The van der Waals surface area contributed by atoms with Gasteiger partial charge in [-0.15, -0.1) is 0 Å². The number of rotatable bonds is 3. The number of alkyl halides is 2. The quantitative estimate of drug-likeness (QED) is 0.553. The number of nitrogens with zero attached hydrogens (tertiary/aromatic N) is 1. The van der Waals surface area contributed by atoms with E-state index in [4.69, 9.17) is 0 Å². The third-order valence-corrected chi connectivity index (χ3v) is 3.78. The highest BCUT2D eigenvalue weighted by molar-refractivity contribution is 5.94. The second-order valence-corrected chi connectivity index (χ2v) is 4.83. The van der Waals surface area contributed by atoms with Gasteiger partial charge in [0.15, 0.2) is 0 Å². The van der Waals surface area contributed by atoms with Gasteiger partial charge >= 0.3 is 5.97 Å². The minimum absolute atomic E-state index is 0.0630. The molecule has 1 aliphatic heterocycles. The van der Waals surface area contributed by atoms with Gasteiger partial charge in [-0.3, -0.25) is 9.59 Å². The molecule has 1 aliphatic carbocycles. The third kappa shape index (κ3) is 2.25. The fourth-order valence-corrected chi connectivity index (χ4v) is 2.53. The summed E-state index contributed by atoms with van der Waals surface area (Å²) in [4.78, 5) is 24.0. The Kier molecular flexibility index (Phi) is 3.05. The summed E-state index contributed by atoms with van der Waals surface area (Å²) >= 11 is 0. The van der Waals surface area contributed by atoms with E-state index < -0.39 is 24.2 Å². The lowest BCUT2D eigenvalue weighted by molar-refractivity contribution is -0.146. The van der Waals surface area contributed by atoms with Crippen LogP contribution in [0.25, 0.3) is 0 Å². The summed E-state index contributed by atoms with van der Waals surface area (Å²) in [7, 11) is 1.20. The van der Waals surface area contributed by atoms with Gasteiger partial charge in [-0.2, -0.15) is 0 Å². The zero-order valence-corrected chi connectivity index (χ0v) is 9.62. The van der Waals surface area contributed by atoms with E-state index in [0.29, 0.717) is 6.54 Å². The van der Waals surface area contributed by atoms with Crippen molar-refractivity contribution in [2.75, 3.05) is 20.2 Å². The topological polar surface area (TPSA) is 46.6 Å². The van der Waals surface area contributed by atoms with Crippen LogP contribution in [0.2, 0.25) is 0 Å². The largest absolute Gasteiger partial charge is 0.469 e. The van der Waals surface area contributed by atoms with E-state index in [1.165, 1.54) is 12.0 Å². The number of carbonyl (C=O) groups excluding carboxylic acids is 2. The fourth-order valence-electron chi connectivity index (χ4n) is 2.53. The number of hydrogen-bond donors (Lipinski definition) is 0. The molecule has 6 heteroatoms. The van der Waals surface area contributed by atoms with Gasteiger partial charge in [-0.1, -0.05) is 0 Å². The Hall–Kier alpha value is -1.20. The van der Waals surface area contributed by atoms with Crippen molar-refractivity contribution < 1.29 is 23.1 Å². The average Bonchev–Trinajstić information content (AvgIpc) is 2.90. The van der Waals surface area contributed by atoms with Crippen LogP contribution in [-0.4, -0.2) is 43.4 Å². The highest BCUT2D eigenvalue weighted by Gasteiger charge is 2.58. The summed E-state index contributed by atoms with van der Waals surface area (Å²) in [5.74, 6) is -1.77.